The van der Waals surface area contributed by atoms with Crippen LogP contribution in [0, 0.1) is 12.3 Å². The van der Waals surface area contributed by atoms with Crippen LogP contribution in [0.5, 0.6) is 0 Å². The molecule has 0 atom stereocenters. The van der Waals surface area contributed by atoms with Crippen molar-refractivity contribution in [3.63, 3.8) is 0 Å². The average Bonchev–Trinajstić information content (AvgIpc) is 3.24. The number of nitrogens with zero attached hydrogens (tertiary/aromatic N) is 2. The van der Waals surface area contributed by atoms with Crippen molar-refractivity contribution in [1.82, 2.24) is 9.97 Å². The molecule has 0 amide bonds. The maximum Gasteiger partial charge on any atom is 0.148 e. The van der Waals surface area contributed by atoms with Gasteiger partial charge >= 0.3 is 0 Å². The Hall–Kier alpha value is -1.36. The molecule has 0 spiro atoms. The molecule has 5 heteroatoms. The van der Waals surface area contributed by atoms with Crippen LogP contribution in [0.1, 0.15) is 62.8 Å². The SMILES string of the molecule is CCC1(CNc2nc(C3CC3)nc(NN)c2C)CCC1. The summed E-state index contributed by atoms with van der Waals surface area (Å²) >= 11 is 0. The Morgan fingerprint density at radius 2 is 1.95 bits per heavy atom. The highest BCUT2D eigenvalue weighted by Crippen LogP contribution is 2.44. The quantitative estimate of drug-likeness (QED) is 0.550. The molecule has 110 valence electrons. The van der Waals surface area contributed by atoms with Gasteiger partial charge in [-0.2, -0.15) is 0 Å². The molecule has 0 bridgehead atoms. The Bertz CT molecular complexity index is 486. The van der Waals surface area contributed by atoms with Gasteiger partial charge in [-0.3, -0.25) is 0 Å². The molecule has 3 rings (SSSR count). The van der Waals surface area contributed by atoms with Gasteiger partial charge in [0.05, 0.1) is 0 Å². The molecule has 5 nitrogen and oxygen atoms in total. The molecule has 2 fully saturated rings. The lowest BCUT2D eigenvalue weighted by Crippen LogP contribution is -2.36. The largest absolute Gasteiger partial charge is 0.369 e. The minimum absolute atomic E-state index is 0.480. The summed E-state index contributed by atoms with van der Waals surface area (Å²) in [5, 5.41) is 3.56. The Balaban J connectivity index is 1.78. The maximum absolute atomic E-state index is 5.59. The zero-order valence-electron chi connectivity index (χ0n) is 12.5. The topological polar surface area (TPSA) is 75.9 Å². The lowest BCUT2D eigenvalue weighted by molar-refractivity contribution is 0.145. The van der Waals surface area contributed by atoms with Crippen LogP contribution in [-0.2, 0) is 0 Å². The fourth-order valence-electron chi connectivity index (χ4n) is 2.97. The molecule has 0 aromatic carbocycles. The minimum Gasteiger partial charge on any atom is -0.369 e. The van der Waals surface area contributed by atoms with Crippen LogP contribution >= 0.6 is 0 Å². The number of hydrazine groups is 1. The van der Waals surface area contributed by atoms with Crippen molar-refractivity contribution in [2.45, 2.75) is 58.3 Å². The summed E-state index contributed by atoms with van der Waals surface area (Å²) in [5.74, 6) is 8.76. The first-order valence-corrected chi connectivity index (χ1v) is 7.76. The zero-order chi connectivity index (χ0) is 14.2. The molecule has 20 heavy (non-hydrogen) atoms. The molecule has 0 radical (unpaired) electrons. The first-order chi connectivity index (χ1) is 9.67. The smallest absolute Gasteiger partial charge is 0.148 e. The average molecular weight is 275 g/mol. The number of nitrogen functional groups attached to an aromatic ring is 1. The zero-order valence-corrected chi connectivity index (χ0v) is 12.5. The number of hydrogen-bond donors (Lipinski definition) is 3. The summed E-state index contributed by atoms with van der Waals surface area (Å²) in [5.41, 5.74) is 4.20. The van der Waals surface area contributed by atoms with Crippen LogP contribution < -0.4 is 16.6 Å². The van der Waals surface area contributed by atoms with E-state index in [0.29, 0.717) is 11.3 Å². The molecule has 0 unspecified atom stereocenters. The second kappa shape index (κ2) is 5.20. The molecule has 2 aliphatic rings. The molecule has 2 aliphatic carbocycles. The predicted molar refractivity (Wildman–Crippen MR) is 81.6 cm³/mol. The van der Waals surface area contributed by atoms with E-state index in [1.165, 1.54) is 38.5 Å². The van der Waals surface area contributed by atoms with Gasteiger partial charge in [-0.05, 0) is 44.4 Å². The Morgan fingerprint density at radius 1 is 1.25 bits per heavy atom. The van der Waals surface area contributed by atoms with E-state index >= 15 is 0 Å². The summed E-state index contributed by atoms with van der Waals surface area (Å²) in [6.45, 7) is 5.32. The van der Waals surface area contributed by atoms with Gasteiger partial charge < -0.3 is 10.7 Å². The van der Waals surface area contributed by atoms with Crippen molar-refractivity contribution in [2.24, 2.45) is 11.3 Å². The van der Waals surface area contributed by atoms with Crippen LogP contribution in [-0.4, -0.2) is 16.5 Å². The number of anilines is 2. The standard InChI is InChI=1S/C15H25N5/c1-3-15(7-4-8-15)9-17-12-10(2)13(20-16)19-14(18-12)11-5-6-11/h11H,3-9,16H2,1-2H3,(H2,17,18,19,20). The highest BCUT2D eigenvalue weighted by atomic mass is 15.3. The second-order valence-electron chi connectivity index (χ2n) is 6.38. The van der Waals surface area contributed by atoms with Gasteiger partial charge in [0.2, 0.25) is 0 Å². The number of rotatable bonds is 6. The van der Waals surface area contributed by atoms with Crippen LogP contribution in [0.3, 0.4) is 0 Å². The number of nitrogens with one attached hydrogen (secondary N) is 2. The summed E-state index contributed by atoms with van der Waals surface area (Å²) in [7, 11) is 0. The molecule has 1 heterocycles. The Morgan fingerprint density at radius 3 is 2.45 bits per heavy atom. The van der Waals surface area contributed by atoms with Crippen molar-refractivity contribution < 1.29 is 0 Å². The molecular formula is C15H25N5. The van der Waals surface area contributed by atoms with E-state index in [4.69, 9.17) is 10.8 Å². The molecule has 1 aromatic heterocycles. The van der Waals surface area contributed by atoms with Gasteiger partial charge in [0, 0.05) is 18.0 Å². The highest BCUT2D eigenvalue weighted by molar-refractivity contribution is 5.57. The van der Waals surface area contributed by atoms with Gasteiger partial charge in [-0.1, -0.05) is 13.3 Å². The fraction of sp³-hybridized carbons (Fsp3) is 0.733. The summed E-state index contributed by atoms with van der Waals surface area (Å²) in [6, 6.07) is 0. The highest BCUT2D eigenvalue weighted by Gasteiger charge is 2.35. The van der Waals surface area contributed by atoms with E-state index in [-0.39, 0.29) is 0 Å². The van der Waals surface area contributed by atoms with Crippen molar-refractivity contribution in [2.75, 3.05) is 17.3 Å². The molecule has 4 N–H and O–H groups in total. The van der Waals surface area contributed by atoms with Gasteiger partial charge in [0.15, 0.2) is 0 Å². The first kappa shape index (κ1) is 13.6. The normalized spacial score (nSPS) is 20.4. The van der Waals surface area contributed by atoms with E-state index in [9.17, 15) is 0 Å². The Kier molecular flexibility index (Phi) is 3.54. The third kappa shape index (κ3) is 2.46. The maximum atomic E-state index is 5.59. The lowest BCUT2D eigenvalue weighted by Gasteiger charge is -2.41. The van der Waals surface area contributed by atoms with E-state index in [2.05, 4.69) is 22.7 Å². The van der Waals surface area contributed by atoms with E-state index < -0.39 is 0 Å². The summed E-state index contributed by atoms with van der Waals surface area (Å²) < 4.78 is 0. The Labute approximate surface area is 120 Å². The van der Waals surface area contributed by atoms with Crippen LogP contribution in [0.25, 0.3) is 0 Å². The molecule has 0 saturated heterocycles. The molecule has 0 aliphatic heterocycles. The lowest BCUT2D eigenvalue weighted by atomic mass is 9.67. The molecule has 2 saturated carbocycles. The number of nitrogens with two attached hydrogens (primary N) is 1. The van der Waals surface area contributed by atoms with Crippen molar-refractivity contribution in [3.8, 4) is 0 Å². The van der Waals surface area contributed by atoms with E-state index in [1.807, 2.05) is 6.92 Å². The summed E-state index contributed by atoms with van der Waals surface area (Å²) in [6.07, 6.45) is 7.66. The van der Waals surface area contributed by atoms with Gasteiger partial charge in [-0.15, -0.1) is 0 Å². The van der Waals surface area contributed by atoms with Gasteiger partial charge in [0.1, 0.15) is 17.5 Å². The van der Waals surface area contributed by atoms with E-state index in [1.54, 1.807) is 0 Å². The van der Waals surface area contributed by atoms with E-state index in [0.717, 1.165) is 29.6 Å². The van der Waals surface area contributed by atoms with Gasteiger partial charge in [-0.25, -0.2) is 15.8 Å². The summed E-state index contributed by atoms with van der Waals surface area (Å²) in [4.78, 5) is 9.25. The third-order valence-corrected chi connectivity index (χ3v) is 5.04. The van der Waals surface area contributed by atoms with Crippen molar-refractivity contribution in [1.29, 1.82) is 0 Å². The van der Waals surface area contributed by atoms with Gasteiger partial charge in [0.25, 0.3) is 0 Å². The molecular weight excluding hydrogens is 250 g/mol. The fourth-order valence-corrected chi connectivity index (χ4v) is 2.97. The minimum atomic E-state index is 0.480. The van der Waals surface area contributed by atoms with Crippen molar-refractivity contribution >= 4 is 11.6 Å². The third-order valence-electron chi connectivity index (χ3n) is 5.04. The monoisotopic (exact) mass is 275 g/mol. The molecule has 1 aromatic rings. The number of hydrogen-bond acceptors (Lipinski definition) is 5. The first-order valence-electron chi connectivity index (χ1n) is 7.76. The van der Waals surface area contributed by atoms with Crippen LogP contribution in [0.15, 0.2) is 0 Å². The predicted octanol–water partition coefficient (Wildman–Crippen LogP) is 2.94. The number of aromatic nitrogens is 2. The van der Waals surface area contributed by atoms with Crippen molar-refractivity contribution in [3.05, 3.63) is 11.4 Å². The van der Waals surface area contributed by atoms with Crippen LogP contribution in [0.2, 0.25) is 0 Å². The second-order valence-corrected chi connectivity index (χ2v) is 6.38. The van der Waals surface area contributed by atoms with Crippen LogP contribution in [0.4, 0.5) is 11.6 Å².